The van der Waals surface area contributed by atoms with Crippen LogP contribution in [0.4, 0.5) is 13.2 Å². The van der Waals surface area contributed by atoms with E-state index < -0.39 is 23.7 Å². The van der Waals surface area contributed by atoms with E-state index in [0.29, 0.717) is 16.7 Å². The minimum Gasteiger partial charge on any atom is -0.352 e. The van der Waals surface area contributed by atoms with Crippen LogP contribution in [0.25, 0.3) is 22.8 Å². The van der Waals surface area contributed by atoms with Crippen molar-refractivity contribution in [3.8, 4) is 22.8 Å². The molecule has 10 heteroatoms. The lowest BCUT2D eigenvalue weighted by atomic mass is 10.0. The Morgan fingerprint density at radius 3 is 2.52 bits per heavy atom. The normalized spacial score (nSPS) is 12.6. The number of benzene rings is 2. The van der Waals surface area contributed by atoms with Crippen LogP contribution < -0.4 is 11.0 Å². The zero-order chi connectivity index (χ0) is 24.3. The number of rotatable bonds is 6. The van der Waals surface area contributed by atoms with Gasteiger partial charge in [-0.2, -0.15) is 18.2 Å². The highest BCUT2D eigenvalue weighted by Gasteiger charge is 2.40. The highest BCUT2D eigenvalue weighted by molar-refractivity contribution is 6.33. The van der Waals surface area contributed by atoms with Crippen molar-refractivity contribution >= 4 is 17.5 Å². The number of aromatic amines is 1. The minimum absolute atomic E-state index is 0.151. The van der Waals surface area contributed by atoms with Gasteiger partial charge in [-0.3, -0.25) is 9.78 Å². The molecule has 2 aromatic carbocycles. The van der Waals surface area contributed by atoms with Gasteiger partial charge < -0.3 is 5.32 Å². The zero-order valence-corrected chi connectivity index (χ0v) is 18.9. The van der Waals surface area contributed by atoms with Crippen LogP contribution in [0, 0.1) is 5.92 Å². The largest absolute Gasteiger partial charge is 0.400 e. The molecule has 1 amide bonds. The molecular weight excluding hydrogens is 457 g/mol. The molecule has 0 aliphatic rings. The topological polar surface area (TPSA) is 87.7 Å². The molecule has 0 unspecified atom stereocenters. The maximum Gasteiger partial charge on any atom is 0.400 e. The van der Waals surface area contributed by atoms with Gasteiger partial charge >= 0.3 is 11.9 Å². The molecule has 33 heavy (non-hydrogen) atoms. The summed E-state index contributed by atoms with van der Waals surface area (Å²) in [5.74, 6) is -2.63. The van der Waals surface area contributed by atoms with Crippen molar-refractivity contribution in [1.82, 2.24) is 20.3 Å². The van der Waals surface area contributed by atoms with Crippen LogP contribution in [0.5, 0.6) is 0 Å². The molecule has 0 bridgehead atoms. The standard InChI is InChI=1S/C23H22ClF3N4O2/c1-12(2)15-5-4-6-16(10-15)19-29-20(31-22(33)30-19)17-9-14(7-8-18(17)24)11-28-21(32)13(3)23(25,26)27/h4-10,12-13H,11H2,1-3H3,(H,28,32)(H,29,30,31,33)/t13-/m1/s1. The Balaban J connectivity index is 1.92. The number of hydrogen-bond donors (Lipinski definition) is 2. The first-order chi connectivity index (χ1) is 15.5. The van der Waals surface area contributed by atoms with Gasteiger partial charge in [0.05, 0.1) is 5.02 Å². The summed E-state index contributed by atoms with van der Waals surface area (Å²) in [6.45, 7) is 4.73. The number of H-pyrrole nitrogens is 1. The van der Waals surface area contributed by atoms with Gasteiger partial charge in [-0.1, -0.05) is 49.7 Å². The number of hydrogen-bond acceptors (Lipinski definition) is 4. The predicted octanol–water partition coefficient (Wildman–Crippen LogP) is 5.09. The summed E-state index contributed by atoms with van der Waals surface area (Å²) in [7, 11) is 0. The first kappa shape index (κ1) is 24.4. The summed E-state index contributed by atoms with van der Waals surface area (Å²) in [5, 5.41) is 2.53. The number of nitrogens with zero attached hydrogens (tertiary/aromatic N) is 2. The summed E-state index contributed by atoms with van der Waals surface area (Å²) >= 11 is 6.30. The van der Waals surface area contributed by atoms with Crippen molar-refractivity contribution in [2.75, 3.05) is 0 Å². The number of halogens is 4. The first-order valence-corrected chi connectivity index (χ1v) is 10.6. The van der Waals surface area contributed by atoms with E-state index in [9.17, 15) is 22.8 Å². The Morgan fingerprint density at radius 2 is 1.85 bits per heavy atom. The van der Waals surface area contributed by atoms with Crippen molar-refractivity contribution in [2.45, 2.75) is 39.4 Å². The number of aromatic nitrogens is 3. The van der Waals surface area contributed by atoms with Crippen LogP contribution in [0.1, 0.15) is 37.8 Å². The second-order valence-corrected chi connectivity index (χ2v) is 8.31. The van der Waals surface area contributed by atoms with Crippen LogP contribution in [0.15, 0.2) is 47.3 Å². The average molecular weight is 479 g/mol. The first-order valence-electron chi connectivity index (χ1n) is 10.2. The molecule has 174 valence electrons. The highest BCUT2D eigenvalue weighted by atomic mass is 35.5. The number of carbonyl (C=O) groups is 1. The molecule has 0 aliphatic heterocycles. The van der Waals surface area contributed by atoms with E-state index in [-0.39, 0.29) is 29.1 Å². The van der Waals surface area contributed by atoms with Gasteiger partial charge in [-0.05, 0) is 42.2 Å². The Hall–Kier alpha value is -3.20. The fourth-order valence-electron chi connectivity index (χ4n) is 3.03. The van der Waals surface area contributed by atoms with Gasteiger partial charge in [0.1, 0.15) is 11.7 Å². The lowest BCUT2D eigenvalue weighted by Gasteiger charge is -2.15. The number of alkyl halides is 3. The van der Waals surface area contributed by atoms with Crippen LogP contribution in [0.3, 0.4) is 0 Å². The summed E-state index contributed by atoms with van der Waals surface area (Å²) in [4.78, 5) is 35.0. The third kappa shape index (κ3) is 5.98. The van der Waals surface area contributed by atoms with Crippen LogP contribution in [-0.4, -0.2) is 27.0 Å². The molecule has 0 spiro atoms. The molecule has 3 aromatic rings. The number of nitrogens with one attached hydrogen (secondary N) is 2. The molecular formula is C23H22ClF3N4O2. The molecule has 6 nitrogen and oxygen atoms in total. The highest BCUT2D eigenvalue weighted by Crippen LogP contribution is 2.28. The predicted molar refractivity (Wildman–Crippen MR) is 120 cm³/mol. The summed E-state index contributed by atoms with van der Waals surface area (Å²) in [6, 6.07) is 12.2. The Kier molecular flexibility index (Phi) is 7.22. The van der Waals surface area contributed by atoms with E-state index in [4.69, 9.17) is 11.6 Å². The molecule has 1 aromatic heterocycles. The fraction of sp³-hybridized carbons (Fsp3) is 0.304. The Labute approximate surface area is 193 Å². The van der Waals surface area contributed by atoms with E-state index in [1.807, 2.05) is 32.0 Å². The van der Waals surface area contributed by atoms with Crippen LogP contribution >= 0.6 is 11.6 Å². The van der Waals surface area contributed by atoms with Gasteiger partial charge in [0.2, 0.25) is 5.91 Å². The summed E-state index contributed by atoms with van der Waals surface area (Å²) < 4.78 is 38.2. The van der Waals surface area contributed by atoms with E-state index in [1.165, 1.54) is 6.07 Å². The zero-order valence-electron chi connectivity index (χ0n) is 18.1. The average Bonchev–Trinajstić information content (AvgIpc) is 2.76. The van der Waals surface area contributed by atoms with Gasteiger partial charge in [0, 0.05) is 17.7 Å². The summed E-state index contributed by atoms with van der Waals surface area (Å²) in [6.07, 6.45) is -4.63. The molecule has 0 radical (unpaired) electrons. The van der Waals surface area contributed by atoms with E-state index in [0.717, 1.165) is 12.5 Å². The molecule has 2 N–H and O–H groups in total. The second kappa shape index (κ2) is 9.74. The Morgan fingerprint density at radius 1 is 1.12 bits per heavy atom. The van der Waals surface area contributed by atoms with Crippen molar-refractivity contribution in [1.29, 1.82) is 0 Å². The van der Waals surface area contributed by atoms with Gasteiger partial charge in [0.25, 0.3) is 0 Å². The second-order valence-electron chi connectivity index (χ2n) is 7.90. The van der Waals surface area contributed by atoms with E-state index in [2.05, 4.69) is 20.3 Å². The molecule has 0 aliphatic carbocycles. The van der Waals surface area contributed by atoms with Crippen LogP contribution in [0.2, 0.25) is 5.02 Å². The van der Waals surface area contributed by atoms with Crippen LogP contribution in [-0.2, 0) is 11.3 Å². The number of carbonyl (C=O) groups excluding carboxylic acids is 1. The molecule has 0 fully saturated rings. The van der Waals surface area contributed by atoms with Gasteiger partial charge in [0.15, 0.2) is 5.82 Å². The maximum atomic E-state index is 12.7. The van der Waals surface area contributed by atoms with E-state index >= 15 is 0 Å². The quantitative estimate of drug-likeness (QED) is 0.516. The maximum absolute atomic E-state index is 12.7. The van der Waals surface area contributed by atoms with E-state index in [1.54, 1.807) is 18.2 Å². The minimum atomic E-state index is -4.63. The monoisotopic (exact) mass is 478 g/mol. The Bertz CT molecular complexity index is 1220. The molecule has 0 saturated carbocycles. The van der Waals surface area contributed by atoms with Crippen molar-refractivity contribution in [3.05, 3.63) is 69.1 Å². The van der Waals surface area contributed by atoms with Crippen molar-refractivity contribution in [3.63, 3.8) is 0 Å². The smallest absolute Gasteiger partial charge is 0.352 e. The SMILES string of the molecule is CC(C)c1cccc(-c2nc(-c3cc(CNC(=O)[C@@H](C)C(F)(F)F)ccc3Cl)[nH]c(=O)n2)c1. The summed E-state index contributed by atoms with van der Waals surface area (Å²) in [5.41, 5.74) is 1.93. The van der Waals surface area contributed by atoms with Crippen molar-refractivity contribution in [2.24, 2.45) is 5.92 Å². The van der Waals surface area contributed by atoms with Crippen molar-refractivity contribution < 1.29 is 18.0 Å². The third-order valence-corrected chi connectivity index (χ3v) is 5.43. The molecule has 3 rings (SSSR count). The third-order valence-electron chi connectivity index (χ3n) is 5.10. The number of amides is 1. The fourth-order valence-corrected chi connectivity index (χ4v) is 3.24. The molecule has 1 atom stereocenters. The molecule has 1 heterocycles. The van der Waals surface area contributed by atoms with Gasteiger partial charge in [-0.15, -0.1) is 0 Å². The lowest BCUT2D eigenvalue weighted by Crippen LogP contribution is -2.37. The molecule has 0 saturated heterocycles. The lowest BCUT2D eigenvalue weighted by molar-refractivity contribution is -0.178. The van der Waals surface area contributed by atoms with Gasteiger partial charge in [-0.25, -0.2) is 9.78 Å².